The van der Waals surface area contributed by atoms with Crippen molar-refractivity contribution in [3.8, 4) is 0 Å². The molecule has 3 heteroatoms. The predicted molar refractivity (Wildman–Crippen MR) is 220 cm³/mol. The fourth-order valence-electron chi connectivity index (χ4n) is 18.4. The first-order valence-electron chi connectivity index (χ1n) is 20.9. The van der Waals surface area contributed by atoms with Crippen LogP contribution in [0.4, 0.5) is 0 Å². The molecule has 12 fully saturated rings. The van der Waals surface area contributed by atoms with Gasteiger partial charge in [0.1, 0.15) is 0 Å². The zero-order valence-corrected chi connectivity index (χ0v) is 37.0. The van der Waals surface area contributed by atoms with Gasteiger partial charge in [-0.1, -0.05) is 39.8 Å². The summed E-state index contributed by atoms with van der Waals surface area (Å²) in [5.41, 5.74) is 4.20. The maximum atomic E-state index is 14.7. The number of nitrogens with zero attached hydrogens (tertiary/aromatic N) is 1. The van der Waals surface area contributed by atoms with E-state index in [0.717, 1.165) is 40.7 Å². The van der Waals surface area contributed by atoms with Gasteiger partial charge in [-0.25, -0.2) is 7.05 Å². The summed E-state index contributed by atoms with van der Waals surface area (Å²) < 4.78 is 0. The molecule has 0 saturated heterocycles. The quantitative estimate of drug-likeness (QED) is 0.218. The van der Waals surface area contributed by atoms with E-state index in [1.54, 1.807) is 0 Å². The average molecular weight is 795 g/mol. The first-order chi connectivity index (χ1) is 23.6. The molecular formula is C49H70NPZr. The fraction of sp³-hybridized carbons (Fsp3) is 0.694. The zero-order valence-electron chi connectivity index (χ0n) is 33.7. The van der Waals surface area contributed by atoms with E-state index < -0.39 is 7.05 Å². The molecule has 52 heavy (non-hydrogen) atoms. The van der Waals surface area contributed by atoms with Gasteiger partial charge >= 0.3 is 26.2 Å². The molecule has 0 amide bonds. The van der Waals surface area contributed by atoms with Crippen molar-refractivity contribution < 1.29 is 26.2 Å². The van der Waals surface area contributed by atoms with Gasteiger partial charge in [0, 0.05) is 0 Å². The van der Waals surface area contributed by atoms with Gasteiger partial charge < -0.3 is 12.6 Å². The van der Waals surface area contributed by atoms with Crippen LogP contribution in [0.15, 0.2) is 60.7 Å². The monoisotopic (exact) mass is 793 g/mol. The number of benzene rings is 2. The summed E-state index contributed by atoms with van der Waals surface area (Å²) in [5.74, 6) is 4.71. The Labute approximate surface area is 339 Å². The van der Waals surface area contributed by atoms with Gasteiger partial charge in [-0.05, 0) is 182 Å². The Morgan fingerprint density at radius 3 is 1.00 bits per heavy atom. The average Bonchev–Trinajstić information content (AvgIpc) is 2.98. The molecule has 0 aromatic heterocycles. The van der Waals surface area contributed by atoms with Crippen molar-refractivity contribution >= 4 is 7.05 Å². The van der Waals surface area contributed by atoms with Crippen LogP contribution in [0.5, 0.6) is 0 Å². The molecule has 0 aliphatic heterocycles. The van der Waals surface area contributed by atoms with Gasteiger partial charge in [0.25, 0.3) is 0 Å². The zero-order chi connectivity index (χ0) is 34.8. The Morgan fingerprint density at radius 2 is 0.750 bits per heavy atom. The van der Waals surface area contributed by atoms with Crippen molar-refractivity contribution in [3.05, 3.63) is 98.2 Å². The minimum atomic E-state index is -2.24. The van der Waals surface area contributed by atoms with Gasteiger partial charge in [0.05, 0.1) is 0 Å². The van der Waals surface area contributed by atoms with Crippen molar-refractivity contribution in [2.24, 2.45) is 51.2 Å². The second-order valence-corrected chi connectivity index (χ2v) is 26.6. The Morgan fingerprint density at radius 1 is 0.462 bits per heavy atom. The van der Waals surface area contributed by atoms with Crippen molar-refractivity contribution in [1.82, 2.24) is 0 Å². The van der Waals surface area contributed by atoms with Crippen LogP contribution < -0.4 is 0 Å². The molecule has 2 aromatic rings. The molecule has 4 unspecified atom stereocenters. The standard InChI is InChI=1S/C34H53NP.2C7H7.CH3.Zr/c1-28-8-26-9-29(2,17-28)20-33(15-26,19-28)36(35,32-12-23-5-24(13-32)7-25(6-23)14-32)34-16-27-10-30(3,21-34)18-31(4,11-27)22-34;2*1-7-5-3-2-4-6-7;;/h23-27H,5-22H2,1-4H3;2*2-6H,1H2;1H3;/q4*-1;+4. The van der Waals surface area contributed by atoms with E-state index in [2.05, 4.69) is 41.5 Å². The largest absolute Gasteiger partial charge is 4.00 e. The van der Waals surface area contributed by atoms with Crippen LogP contribution in [0, 0.1) is 72.5 Å². The fourth-order valence-corrected chi connectivity index (χ4v) is 26.5. The van der Waals surface area contributed by atoms with Crippen molar-refractivity contribution in [2.75, 3.05) is 0 Å². The molecule has 280 valence electrons. The van der Waals surface area contributed by atoms with Crippen molar-refractivity contribution in [2.45, 2.75) is 159 Å². The molecular weight excluding hydrogens is 725 g/mol. The number of hydrogen-bond donors (Lipinski definition) is 0. The van der Waals surface area contributed by atoms with Gasteiger partial charge in [-0.3, -0.25) is 0 Å². The second kappa shape index (κ2) is 13.2. The van der Waals surface area contributed by atoms with E-state index >= 15 is 0 Å². The summed E-state index contributed by atoms with van der Waals surface area (Å²) in [7, 11) is -2.24. The van der Waals surface area contributed by atoms with Crippen LogP contribution in [0.1, 0.15) is 154 Å². The molecule has 0 spiro atoms. The summed E-state index contributed by atoms with van der Waals surface area (Å²) in [5, 5.41) is 15.6. The van der Waals surface area contributed by atoms with E-state index in [4.69, 9.17) is 0 Å². The van der Waals surface area contributed by atoms with Crippen LogP contribution in [0.2, 0.25) is 0 Å². The molecule has 12 saturated carbocycles. The Bertz CT molecular complexity index is 1480. The molecule has 0 heterocycles. The Balaban J connectivity index is 0.000000222. The summed E-state index contributed by atoms with van der Waals surface area (Å²) in [6, 6.07) is 19.7. The molecule has 0 radical (unpaired) electrons. The minimum Gasteiger partial charge on any atom is -0.807 e. The molecule has 1 nitrogen and oxygen atoms in total. The third-order valence-corrected chi connectivity index (χ3v) is 22.6. The normalized spacial score (nSPS) is 49.0. The van der Waals surface area contributed by atoms with Crippen LogP contribution in [0.25, 0.3) is 5.16 Å². The third-order valence-electron chi connectivity index (χ3n) is 16.9. The summed E-state index contributed by atoms with van der Waals surface area (Å²) >= 11 is 0. The number of hydrogen-bond acceptors (Lipinski definition) is 0. The topological polar surface area (TPSA) is 22.3 Å². The van der Waals surface area contributed by atoms with E-state index in [1.165, 1.54) is 116 Å². The van der Waals surface area contributed by atoms with Gasteiger partial charge in [-0.2, -0.15) is 49.2 Å². The van der Waals surface area contributed by atoms with Gasteiger partial charge in [-0.15, -0.1) is 24.3 Å². The summed E-state index contributed by atoms with van der Waals surface area (Å²) in [4.78, 5) is 0. The summed E-state index contributed by atoms with van der Waals surface area (Å²) in [6.45, 7) is 18.2. The number of rotatable bonds is 3. The molecule has 12 aliphatic rings. The molecule has 4 atom stereocenters. The molecule has 12 bridgehead atoms. The maximum Gasteiger partial charge on any atom is 4.00 e. The Hall–Kier alpha value is -0.707. The smallest absolute Gasteiger partial charge is 0.807 e. The first kappa shape index (κ1) is 39.5. The maximum absolute atomic E-state index is 14.7. The van der Waals surface area contributed by atoms with Crippen LogP contribution in [-0.4, -0.2) is 15.5 Å². The molecule has 12 aliphatic carbocycles. The predicted octanol–water partition coefficient (Wildman–Crippen LogP) is 14.4. The first-order valence-corrected chi connectivity index (χ1v) is 22.7. The third kappa shape index (κ3) is 6.28. The summed E-state index contributed by atoms with van der Waals surface area (Å²) in [6.07, 6.45) is 26.3. The van der Waals surface area contributed by atoms with E-state index in [1.807, 2.05) is 60.7 Å². The van der Waals surface area contributed by atoms with E-state index in [-0.39, 0.29) is 33.6 Å². The molecule has 2 aromatic carbocycles. The van der Waals surface area contributed by atoms with Gasteiger partial charge in [0.15, 0.2) is 0 Å². The molecule has 0 N–H and O–H groups in total. The van der Waals surface area contributed by atoms with Crippen molar-refractivity contribution in [1.29, 1.82) is 0 Å². The molecule has 14 rings (SSSR count). The van der Waals surface area contributed by atoms with Gasteiger partial charge in [0.2, 0.25) is 0 Å². The van der Waals surface area contributed by atoms with Crippen LogP contribution in [0.3, 0.4) is 0 Å². The van der Waals surface area contributed by atoms with Crippen LogP contribution >= 0.6 is 7.05 Å². The van der Waals surface area contributed by atoms with Crippen molar-refractivity contribution in [3.63, 3.8) is 0 Å². The second-order valence-electron chi connectivity index (χ2n) is 22.5. The van der Waals surface area contributed by atoms with E-state index in [9.17, 15) is 5.16 Å². The SMILES string of the molecule is CC12CC3CC(C)(C1)CC(P(=[N-])(C14CC5CC(CC(C5)C1)C4)C14CC5CC(C)(CC(C)(C5)C1)C4)(C3)C2.[CH2-]c1ccccc1.[CH2-]c1ccccc1.[CH3-].[Zr+4]. The minimum absolute atomic E-state index is 0. The Kier molecular flexibility index (Phi) is 10.0. The van der Waals surface area contributed by atoms with Crippen LogP contribution in [-0.2, 0) is 26.2 Å². The van der Waals surface area contributed by atoms with E-state index in [0.29, 0.717) is 37.1 Å².